The predicted octanol–water partition coefficient (Wildman–Crippen LogP) is 2.45. The third-order valence-electron chi connectivity index (χ3n) is 4.12. The Bertz CT molecular complexity index is 703. The first kappa shape index (κ1) is 16.3. The van der Waals surface area contributed by atoms with Crippen LogP contribution in [-0.4, -0.2) is 47.7 Å². The van der Waals surface area contributed by atoms with Crippen molar-refractivity contribution in [3.8, 4) is 0 Å². The van der Waals surface area contributed by atoms with Crippen LogP contribution in [0.5, 0.6) is 0 Å². The van der Waals surface area contributed by atoms with E-state index < -0.39 is 5.97 Å². The van der Waals surface area contributed by atoms with Crippen molar-refractivity contribution >= 4 is 11.9 Å². The Labute approximate surface area is 139 Å². The molecule has 1 saturated heterocycles. The van der Waals surface area contributed by atoms with Gasteiger partial charge in [-0.3, -0.25) is 4.79 Å². The summed E-state index contributed by atoms with van der Waals surface area (Å²) in [6, 6.07) is 12.6. The van der Waals surface area contributed by atoms with Crippen LogP contribution in [0.4, 0.5) is 0 Å². The molecule has 0 unspecified atom stereocenters. The van der Waals surface area contributed by atoms with Crippen LogP contribution in [0.1, 0.15) is 33.1 Å². The molecule has 1 aliphatic rings. The molecule has 1 atom stereocenters. The lowest BCUT2D eigenvalue weighted by Gasteiger charge is -2.27. The molecule has 0 aliphatic carbocycles. The number of furan rings is 1. The van der Waals surface area contributed by atoms with E-state index in [1.165, 1.54) is 12.1 Å². The van der Waals surface area contributed by atoms with Crippen LogP contribution in [0.15, 0.2) is 46.9 Å². The van der Waals surface area contributed by atoms with Gasteiger partial charge in [-0.15, -0.1) is 0 Å². The van der Waals surface area contributed by atoms with Gasteiger partial charge < -0.3 is 19.2 Å². The number of carbonyl (C=O) groups is 2. The third kappa shape index (κ3) is 3.65. The van der Waals surface area contributed by atoms with Gasteiger partial charge in [0, 0.05) is 13.2 Å². The molecule has 6 nitrogen and oxygen atoms in total. The van der Waals surface area contributed by atoms with Gasteiger partial charge in [0.25, 0.3) is 5.91 Å². The molecule has 24 heavy (non-hydrogen) atoms. The van der Waals surface area contributed by atoms with E-state index in [0.29, 0.717) is 19.8 Å². The minimum atomic E-state index is -1.19. The van der Waals surface area contributed by atoms with E-state index in [2.05, 4.69) is 0 Å². The highest BCUT2D eigenvalue weighted by Gasteiger charge is 2.30. The van der Waals surface area contributed by atoms with Crippen molar-refractivity contribution in [1.29, 1.82) is 0 Å². The van der Waals surface area contributed by atoms with Gasteiger partial charge in [0.2, 0.25) is 5.76 Å². The zero-order chi connectivity index (χ0) is 16.9. The monoisotopic (exact) mass is 329 g/mol. The molecule has 3 rings (SSSR count). The van der Waals surface area contributed by atoms with Crippen molar-refractivity contribution in [2.45, 2.75) is 18.9 Å². The second-order valence-corrected chi connectivity index (χ2v) is 5.72. The van der Waals surface area contributed by atoms with Crippen molar-refractivity contribution in [1.82, 2.24) is 4.90 Å². The lowest BCUT2D eigenvalue weighted by atomic mass is 10.1. The zero-order valence-corrected chi connectivity index (χ0v) is 13.2. The second-order valence-electron chi connectivity index (χ2n) is 5.72. The summed E-state index contributed by atoms with van der Waals surface area (Å²) in [5, 5.41) is 8.94. The molecular weight excluding hydrogens is 310 g/mol. The van der Waals surface area contributed by atoms with Crippen LogP contribution in [0.25, 0.3) is 0 Å². The van der Waals surface area contributed by atoms with Gasteiger partial charge in [-0.25, -0.2) is 4.79 Å². The number of aromatic carboxylic acids is 1. The van der Waals surface area contributed by atoms with E-state index in [1.807, 2.05) is 30.3 Å². The number of rotatable bonds is 6. The molecule has 1 amide bonds. The Balaban J connectivity index is 1.75. The standard InChI is InChI=1S/C18H19NO5/c20-17(15-6-7-16(24-15)18(21)22)19(14-9-11-23-12-14)10-8-13-4-2-1-3-5-13/h1-7,14H,8-12H2,(H,21,22)/t14-/m0/s1. The molecule has 2 heterocycles. The van der Waals surface area contributed by atoms with Crippen LogP contribution in [0.3, 0.4) is 0 Å². The Hall–Kier alpha value is -2.60. The predicted molar refractivity (Wildman–Crippen MR) is 86.1 cm³/mol. The van der Waals surface area contributed by atoms with Gasteiger partial charge >= 0.3 is 5.97 Å². The highest BCUT2D eigenvalue weighted by Crippen LogP contribution is 2.18. The van der Waals surface area contributed by atoms with Gasteiger partial charge in [0.15, 0.2) is 5.76 Å². The first-order chi connectivity index (χ1) is 11.6. The number of carboxylic acid groups (broad SMARTS) is 1. The van der Waals surface area contributed by atoms with E-state index >= 15 is 0 Å². The molecule has 0 saturated carbocycles. The SMILES string of the molecule is O=C(O)c1ccc(C(=O)N(CCc2ccccc2)[C@H]2CCOC2)o1. The average molecular weight is 329 g/mol. The number of carbonyl (C=O) groups excluding carboxylic acids is 1. The summed E-state index contributed by atoms with van der Waals surface area (Å²) in [5.74, 6) is -1.67. The quantitative estimate of drug-likeness (QED) is 0.880. The summed E-state index contributed by atoms with van der Waals surface area (Å²) in [6.45, 7) is 1.64. The summed E-state index contributed by atoms with van der Waals surface area (Å²) in [4.78, 5) is 25.4. The van der Waals surface area contributed by atoms with Gasteiger partial charge in [-0.2, -0.15) is 0 Å². The number of benzene rings is 1. The van der Waals surface area contributed by atoms with Crippen LogP contribution >= 0.6 is 0 Å². The summed E-state index contributed by atoms with van der Waals surface area (Å²) in [7, 11) is 0. The number of hydrogen-bond donors (Lipinski definition) is 1. The van der Waals surface area contributed by atoms with Crippen molar-refractivity contribution in [3.05, 3.63) is 59.5 Å². The van der Waals surface area contributed by atoms with E-state index in [-0.39, 0.29) is 23.5 Å². The molecule has 1 N–H and O–H groups in total. The number of ether oxygens (including phenoxy) is 1. The van der Waals surface area contributed by atoms with Gasteiger partial charge in [0.1, 0.15) is 0 Å². The van der Waals surface area contributed by atoms with Crippen molar-refractivity contribution < 1.29 is 23.8 Å². The van der Waals surface area contributed by atoms with Gasteiger partial charge in [-0.05, 0) is 30.5 Å². The van der Waals surface area contributed by atoms with E-state index in [4.69, 9.17) is 14.3 Å². The van der Waals surface area contributed by atoms with E-state index in [1.54, 1.807) is 4.90 Å². The van der Waals surface area contributed by atoms with Crippen molar-refractivity contribution in [2.24, 2.45) is 0 Å². The number of hydrogen-bond acceptors (Lipinski definition) is 4. The topological polar surface area (TPSA) is 80.0 Å². The Kier molecular flexibility index (Phi) is 4.96. The molecule has 0 spiro atoms. The summed E-state index contributed by atoms with van der Waals surface area (Å²) >= 11 is 0. The van der Waals surface area contributed by atoms with E-state index in [0.717, 1.165) is 18.4 Å². The van der Waals surface area contributed by atoms with Gasteiger partial charge in [0.05, 0.1) is 12.6 Å². The molecular formula is C18H19NO5. The molecule has 6 heteroatoms. The first-order valence-electron chi connectivity index (χ1n) is 7.91. The smallest absolute Gasteiger partial charge is 0.371 e. The maximum Gasteiger partial charge on any atom is 0.371 e. The normalized spacial score (nSPS) is 16.9. The van der Waals surface area contributed by atoms with Crippen LogP contribution in [0, 0.1) is 0 Å². The molecule has 0 radical (unpaired) electrons. The Morgan fingerprint density at radius 1 is 1.12 bits per heavy atom. The molecule has 1 aromatic carbocycles. The fourth-order valence-corrected chi connectivity index (χ4v) is 2.82. The summed E-state index contributed by atoms with van der Waals surface area (Å²) in [6.07, 6.45) is 1.49. The molecule has 126 valence electrons. The highest BCUT2D eigenvalue weighted by molar-refractivity contribution is 5.93. The molecule has 2 aromatic rings. The largest absolute Gasteiger partial charge is 0.475 e. The van der Waals surface area contributed by atoms with Crippen LogP contribution < -0.4 is 0 Å². The summed E-state index contributed by atoms with van der Waals surface area (Å²) in [5.41, 5.74) is 1.14. The summed E-state index contributed by atoms with van der Waals surface area (Å²) < 4.78 is 10.6. The van der Waals surface area contributed by atoms with Gasteiger partial charge in [-0.1, -0.05) is 30.3 Å². The zero-order valence-electron chi connectivity index (χ0n) is 13.2. The lowest BCUT2D eigenvalue weighted by Crippen LogP contribution is -2.42. The highest BCUT2D eigenvalue weighted by atomic mass is 16.5. The number of nitrogens with zero attached hydrogens (tertiary/aromatic N) is 1. The Morgan fingerprint density at radius 3 is 2.50 bits per heavy atom. The second kappa shape index (κ2) is 7.31. The fraction of sp³-hybridized carbons (Fsp3) is 0.333. The first-order valence-corrected chi connectivity index (χ1v) is 7.91. The van der Waals surface area contributed by atoms with E-state index in [9.17, 15) is 9.59 Å². The average Bonchev–Trinajstić information content (AvgIpc) is 3.28. The van der Waals surface area contributed by atoms with Crippen molar-refractivity contribution in [3.63, 3.8) is 0 Å². The van der Waals surface area contributed by atoms with Crippen LogP contribution in [-0.2, 0) is 11.2 Å². The maximum absolute atomic E-state index is 12.8. The maximum atomic E-state index is 12.8. The third-order valence-corrected chi connectivity index (χ3v) is 4.12. The molecule has 1 fully saturated rings. The molecule has 0 bridgehead atoms. The van der Waals surface area contributed by atoms with Crippen LogP contribution in [0.2, 0.25) is 0 Å². The number of carboxylic acids is 1. The van der Waals surface area contributed by atoms with Crippen molar-refractivity contribution in [2.75, 3.05) is 19.8 Å². The minimum absolute atomic E-state index is 0.0143. The lowest BCUT2D eigenvalue weighted by molar-refractivity contribution is 0.0607. The fourth-order valence-electron chi connectivity index (χ4n) is 2.82. The molecule has 1 aromatic heterocycles. The molecule has 1 aliphatic heterocycles. The Morgan fingerprint density at radius 2 is 1.88 bits per heavy atom. The number of amides is 1. The minimum Gasteiger partial charge on any atom is -0.475 e.